The molecule has 0 saturated heterocycles. The van der Waals surface area contributed by atoms with Crippen LogP contribution >= 0.6 is 0 Å². The quantitative estimate of drug-likeness (QED) is 0.692. The second-order valence-corrected chi connectivity index (χ2v) is 5.57. The van der Waals surface area contributed by atoms with Crippen LogP contribution in [0.5, 0.6) is 17.4 Å². The number of benzene rings is 2. The number of ether oxygens (including phenoxy) is 3. The van der Waals surface area contributed by atoms with E-state index in [2.05, 4.69) is 15.3 Å². The van der Waals surface area contributed by atoms with Gasteiger partial charge < -0.3 is 19.5 Å². The molecular formula is C20H19N3O4. The van der Waals surface area contributed by atoms with Gasteiger partial charge in [-0.05, 0) is 5.56 Å². The molecule has 0 fully saturated rings. The van der Waals surface area contributed by atoms with Crippen molar-refractivity contribution < 1.29 is 19.0 Å². The fourth-order valence-corrected chi connectivity index (χ4v) is 2.35. The van der Waals surface area contributed by atoms with Crippen molar-refractivity contribution in [3.8, 4) is 17.4 Å². The van der Waals surface area contributed by atoms with Crippen molar-refractivity contribution in [3.63, 3.8) is 0 Å². The van der Waals surface area contributed by atoms with Crippen LogP contribution in [0.4, 0.5) is 5.69 Å². The molecule has 0 spiro atoms. The zero-order valence-electron chi connectivity index (χ0n) is 15.0. The Morgan fingerprint density at radius 2 is 1.67 bits per heavy atom. The number of amides is 1. The molecule has 3 aromatic rings. The molecule has 138 valence electrons. The highest BCUT2D eigenvalue weighted by Gasteiger charge is 2.12. The monoisotopic (exact) mass is 365 g/mol. The molecule has 0 aliphatic carbocycles. The van der Waals surface area contributed by atoms with E-state index in [-0.39, 0.29) is 5.69 Å². The Kier molecular flexibility index (Phi) is 5.84. The first kappa shape index (κ1) is 18.2. The fraction of sp³-hybridized carbons (Fsp3) is 0.150. The normalized spacial score (nSPS) is 10.1. The number of nitrogens with zero attached hydrogens (tertiary/aromatic N) is 2. The van der Waals surface area contributed by atoms with E-state index < -0.39 is 5.91 Å². The van der Waals surface area contributed by atoms with Gasteiger partial charge in [0.05, 0.1) is 14.2 Å². The predicted molar refractivity (Wildman–Crippen MR) is 100 cm³/mol. The van der Waals surface area contributed by atoms with Crippen LogP contribution in [-0.4, -0.2) is 30.1 Å². The molecule has 7 nitrogen and oxygen atoms in total. The first-order valence-electron chi connectivity index (χ1n) is 8.21. The average molecular weight is 365 g/mol. The lowest BCUT2D eigenvalue weighted by atomic mass is 10.2. The van der Waals surface area contributed by atoms with Crippen LogP contribution in [0.3, 0.4) is 0 Å². The van der Waals surface area contributed by atoms with Crippen LogP contribution in [0.1, 0.15) is 16.1 Å². The van der Waals surface area contributed by atoms with Gasteiger partial charge in [-0.2, -0.15) is 0 Å². The zero-order chi connectivity index (χ0) is 19.1. The summed E-state index contributed by atoms with van der Waals surface area (Å²) in [5.74, 6) is 1.07. The van der Waals surface area contributed by atoms with Gasteiger partial charge in [0.2, 0.25) is 5.88 Å². The van der Waals surface area contributed by atoms with Crippen molar-refractivity contribution in [2.24, 2.45) is 0 Å². The number of carbonyl (C=O) groups is 1. The number of hydrogen-bond acceptors (Lipinski definition) is 6. The average Bonchev–Trinajstić information content (AvgIpc) is 2.72. The molecule has 27 heavy (non-hydrogen) atoms. The van der Waals surface area contributed by atoms with Crippen LogP contribution in [-0.2, 0) is 6.61 Å². The van der Waals surface area contributed by atoms with Gasteiger partial charge in [-0.15, -0.1) is 0 Å². The Bertz CT molecular complexity index is 894. The SMILES string of the molecule is COc1cc(NC(=O)c2cc(OCc3ccccc3)ncn2)cc(OC)c1. The summed E-state index contributed by atoms with van der Waals surface area (Å²) < 4.78 is 16.0. The molecule has 7 heteroatoms. The maximum absolute atomic E-state index is 12.5. The maximum Gasteiger partial charge on any atom is 0.274 e. The summed E-state index contributed by atoms with van der Waals surface area (Å²) in [6, 6.07) is 16.3. The minimum absolute atomic E-state index is 0.190. The van der Waals surface area contributed by atoms with E-state index in [1.807, 2.05) is 30.3 Å². The number of methoxy groups -OCH3 is 2. The predicted octanol–water partition coefficient (Wildman–Crippen LogP) is 3.33. The maximum atomic E-state index is 12.5. The molecule has 1 N–H and O–H groups in total. The number of hydrogen-bond donors (Lipinski definition) is 1. The molecule has 0 aliphatic heterocycles. The minimum atomic E-state index is -0.391. The number of nitrogens with one attached hydrogen (secondary N) is 1. The first-order valence-corrected chi connectivity index (χ1v) is 8.21. The van der Waals surface area contributed by atoms with Gasteiger partial charge in [-0.25, -0.2) is 9.97 Å². The molecule has 1 amide bonds. The smallest absolute Gasteiger partial charge is 0.274 e. The Morgan fingerprint density at radius 3 is 2.33 bits per heavy atom. The van der Waals surface area contributed by atoms with Crippen molar-refractivity contribution in [1.29, 1.82) is 0 Å². The van der Waals surface area contributed by atoms with Crippen molar-refractivity contribution in [3.05, 3.63) is 72.2 Å². The highest BCUT2D eigenvalue weighted by Crippen LogP contribution is 2.26. The molecule has 3 rings (SSSR count). The Morgan fingerprint density at radius 1 is 0.963 bits per heavy atom. The van der Waals surface area contributed by atoms with Crippen LogP contribution in [0.25, 0.3) is 0 Å². The number of rotatable bonds is 7. The van der Waals surface area contributed by atoms with Gasteiger partial charge in [0.1, 0.15) is 30.1 Å². The van der Waals surface area contributed by atoms with E-state index in [1.165, 1.54) is 12.4 Å². The van der Waals surface area contributed by atoms with Gasteiger partial charge in [0.25, 0.3) is 5.91 Å². The first-order chi connectivity index (χ1) is 13.2. The number of anilines is 1. The second-order valence-electron chi connectivity index (χ2n) is 5.57. The van der Waals surface area contributed by atoms with Crippen LogP contribution < -0.4 is 19.5 Å². The van der Waals surface area contributed by atoms with E-state index in [1.54, 1.807) is 32.4 Å². The largest absolute Gasteiger partial charge is 0.497 e. The number of aromatic nitrogens is 2. The van der Waals surface area contributed by atoms with Crippen molar-refractivity contribution in [1.82, 2.24) is 9.97 Å². The third-order valence-electron chi connectivity index (χ3n) is 3.71. The molecule has 0 radical (unpaired) electrons. The summed E-state index contributed by atoms with van der Waals surface area (Å²) >= 11 is 0. The minimum Gasteiger partial charge on any atom is -0.497 e. The van der Waals surface area contributed by atoms with Crippen LogP contribution in [0, 0.1) is 0 Å². The number of carbonyl (C=O) groups excluding carboxylic acids is 1. The summed E-state index contributed by atoms with van der Waals surface area (Å²) in [7, 11) is 3.09. The molecule has 0 bridgehead atoms. The summed E-state index contributed by atoms with van der Waals surface area (Å²) in [5, 5.41) is 2.76. The summed E-state index contributed by atoms with van der Waals surface area (Å²) in [5.41, 5.74) is 1.72. The van der Waals surface area contributed by atoms with E-state index in [0.29, 0.717) is 29.7 Å². The summed E-state index contributed by atoms with van der Waals surface area (Å²) in [6.07, 6.45) is 1.29. The third-order valence-corrected chi connectivity index (χ3v) is 3.71. The van der Waals surface area contributed by atoms with E-state index in [0.717, 1.165) is 5.56 Å². The molecular weight excluding hydrogens is 346 g/mol. The molecule has 0 saturated carbocycles. The Hall–Kier alpha value is -3.61. The van der Waals surface area contributed by atoms with Gasteiger partial charge in [-0.3, -0.25) is 4.79 Å². The molecule has 1 heterocycles. The van der Waals surface area contributed by atoms with Gasteiger partial charge in [0.15, 0.2) is 0 Å². The fourth-order valence-electron chi connectivity index (χ4n) is 2.35. The van der Waals surface area contributed by atoms with E-state index in [9.17, 15) is 4.79 Å². The van der Waals surface area contributed by atoms with Crippen molar-refractivity contribution >= 4 is 11.6 Å². The van der Waals surface area contributed by atoms with Gasteiger partial charge in [0, 0.05) is 30.0 Å². The highest BCUT2D eigenvalue weighted by molar-refractivity contribution is 6.03. The Balaban J connectivity index is 1.70. The van der Waals surface area contributed by atoms with Gasteiger partial charge >= 0.3 is 0 Å². The molecule has 0 aliphatic rings. The van der Waals surface area contributed by atoms with E-state index in [4.69, 9.17) is 14.2 Å². The molecule has 0 unspecified atom stereocenters. The van der Waals surface area contributed by atoms with Crippen LogP contribution in [0.2, 0.25) is 0 Å². The summed E-state index contributed by atoms with van der Waals surface area (Å²) in [6.45, 7) is 0.353. The lowest BCUT2D eigenvalue weighted by Gasteiger charge is -2.10. The Labute approximate surface area is 156 Å². The lowest BCUT2D eigenvalue weighted by molar-refractivity contribution is 0.102. The lowest BCUT2D eigenvalue weighted by Crippen LogP contribution is -2.14. The standard InChI is InChI=1S/C20H19N3O4/c1-25-16-8-15(9-17(10-16)26-2)23-20(24)18-11-19(22-13-21-18)27-12-14-6-4-3-5-7-14/h3-11,13H,12H2,1-2H3,(H,23,24). The van der Waals surface area contributed by atoms with E-state index >= 15 is 0 Å². The molecule has 1 aromatic heterocycles. The molecule has 2 aromatic carbocycles. The molecule has 0 atom stereocenters. The van der Waals surface area contributed by atoms with Crippen molar-refractivity contribution in [2.45, 2.75) is 6.61 Å². The second kappa shape index (κ2) is 8.66. The third kappa shape index (κ3) is 4.94. The van der Waals surface area contributed by atoms with Gasteiger partial charge in [-0.1, -0.05) is 30.3 Å². The van der Waals surface area contributed by atoms with Crippen LogP contribution in [0.15, 0.2) is 60.9 Å². The topological polar surface area (TPSA) is 82.6 Å². The summed E-state index contributed by atoms with van der Waals surface area (Å²) in [4.78, 5) is 20.6. The highest BCUT2D eigenvalue weighted by atomic mass is 16.5. The van der Waals surface area contributed by atoms with Crippen molar-refractivity contribution in [2.75, 3.05) is 19.5 Å². The zero-order valence-corrected chi connectivity index (χ0v) is 15.0.